The smallest absolute Gasteiger partial charge is 0.255 e. The molecule has 0 radical (unpaired) electrons. The van der Waals surface area contributed by atoms with Crippen molar-refractivity contribution in [3.63, 3.8) is 0 Å². The van der Waals surface area contributed by atoms with Crippen LogP contribution in [-0.4, -0.2) is 51.9 Å². The fourth-order valence-electron chi connectivity index (χ4n) is 2.81. The number of hydrogen-bond donors (Lipinski definition) is 0. The molecule has 1 fully saturated rings. The van der Waals surface area contributed by atoms with Gasteiger partial charge in [-0.2, -0.15) is 0 Å². The number of anilines is 1. The monoisotopic (exact) mass is 325 g/mol. The molecule has 2 aromatic heterocycles. The zero-order valence-electron chi connectivity index (χ0n) is 14.4. The molecule has 2 aromatic rings. The molecule has 0 saturated carbocycles. The molecule has 3 rings (SSSR count). The molecule has 0 spiro atoms. The van der Waals surface area contributed by atoms with E-state index in [9.17, 15) is 4.79 Å². The summed E-state index contributed by atoms with van der Waals surface area (Å²) in [7, 11) is 0. The molecule has 6 nitrogen and oxygen atoms in total. The van der Waals surface area contributed by atoms with E-state index in [4.69, 9.17) is 0 Å². The van der Waals surface area contributed by atoms with Crippen LogP contribution in [0, 0.1) is 6.92 Å². The summed E-state index contributed by atoms with van der Waals surface area (Å²) in [5.41, 5.74) is 1.63. The first-order valence-corrected chi connectivity index (χ1v) is 8.34. The van der Waals surface area contributed by atoms with Gasteiger partial charge in [-0.25, -0.2) is 9.97 Å². The molecule has 3 heterocycles. The second kappa shape index (κ2) is 6.95. The van der Waals surface area contributed by atoms with Crippen LogP contribution in [-0.2, 0) is 0 Å². The largest absolute Gasteiger partial charge is 0.353 e. The molecule has 0 bridgehead atoms. The molecule has 0 N–H and O–H groups in total. The average Bonchev–Trinajstić information content (AvgIpc) is 2.61. The highest BCUT2D eigenvalue weighted by molar-refractivity contribution is 5.94. The Morgan fingerprint density at radius 2 is 1.92 bits per heavy atom. The molecule has 0 unspecified atom stereocenters. The van der Waals surface area contributed by atoms with Crippen LogP contribution in [0.4, 0.5) is 5.82 Å². The summed E-state index contributed by atoms with van der Waals surface area (Å²) in [5.74, 6) is 2.18. The van der Waals surface area contributed by atoms with Gasteiger partial charge in [0.15, 0.2) is 0 Å². The third-order valence-electron chi connectivity index (χ3n) is 4.17. The molecule has 1 aliphatic rings. The number of aromatic nitrogens is 3. The molecular formula is C18H23N5O. The molecule has 0 aliphatic carbocycles. The SMILES string of the molecule is Cc1cc(N2CCN(C(=O)c3cccnc3)CC2)nc(C(C)C)n1. The van der Waals surface area contributed by atoms with E-state index < -0.39 is 0 Å². The van der Waals surface area contributed by atoms with Gasteiger partial charge in [0.25, 0.3) is 5.91 Å². The van der Waals surface area contributed by atoms with E-state index in [-0.39, 0.29) is 5.91 Å². The summed E-state index contributed by atoms with van der Waals surface area (Å²) in [5, 5.41) is 0. The van der Waals surface area contributed by atoms with E-state index in [0.717, 1.165) is 30.4 Å². The van der Waals surface area contributed by atoms with Crippen LogP contribution in [0.5, 0.6) is 0 Å². The van der Waals surface area contributed by atoms with Crippen LogP contribution >= 0.6 is 0 Å². The number of hydrogen-bond acceptors (Lipinski definition) is 5. The van der Waals surface area contributed by atoms with Crippen LogP contribution in [0.3, 0.4) is 0 Å². The molecule has 1 amide bonds. The Morgan fingerprint density at radius 3 is 2.54 bits per heavy atom. The zero-order chi connectivity index (χ0) is 17.1. The highest BCUT2D eigenvalue weighted by Crippen LogP contribution is 2.19. The van der Waals surface area contributed by atoms with Gasteiger partial charge in [-0.15, -0.1) is 0 Å². The standard InChI is InChI=1S/C18H23N5O/c1-13(2)17-20-14(3)11-16(21-17)22-7-9-23(10-8-22)18(24)15-5-4-6-19-12-15/h4-6,11-13H,7-10H2,1-3H3. The van der Waals surface area contributed by atoms with Gasteiger partial charge in [-0.1, -0.05) is 13.8 Å². The normalized spacial score (nSPS) is 15.0. The minimum Gasteiger partial charge on any atom is -0.353 e. The highest BCUT2D eigenvalue weighted by atomic mass is 16.2. The first kappa shape index (κ1) is 16.4. The second-order valence-corrected chi connectivity index (χ2v) is 6.40. The molecule has 24 heavy (non-hydrogen) atoms. The number of amides is 1. The fraction of sp³-hybridized carbons (Fsp3) is 0.444. The zero-order valence-corrected chi connectivity index (χ0v) is 14.4. The summed E-state index contributed by atoms with van der Waals surface area (Å²) in [6, 6.07) is 5.62. The minimum absolute atomic E-state index is 0.0458. The Balaban J connectivity index is 1.68. The Bertz CT molecular complexity index is 709. The topological polar surface area (TPSA) is 62.2 Å². The third kappa shape index (κ3) is 3.53. The van der Waals surface area contributed by atoms with E-state index in [0.29, 0.717) is 24.6 Å². The van der Waals surface area contributed by atoms with E-state index in [1.165, 1.54) is 0 Å². The molecule has 1 aliphatic heterocycles. The van der Waals surface area contributed by atoms with Crippen LogP contribution in [0.25, 0.3) is 0 Å². The molecule has 126 valence electrons. The quantitative estimate of drug-likeness (QED) is 0.866. The maximum absolute atomic E-state index is 12.5. The van der Waals surface area contributed by atoms with Crippen LogP contribution < -0.4 is 4.90 Å². The van der Waals surface area contributed by atoms with Gasteiger partial charge >= 0.3 is 0 Å². The lowest BCUT2D eigenvalue weighted by atomic mass is 10.2. The maximum Gasteiger partial charge on any atom is 0.255 e. The number of rotatable bonds is 3. The van der Waals surface area contributed by atoms with Gasteiger partial charge in [-0.3, -0.25) is 9.78 Å². The van der Waals surface area contributed by atoms with Gasteiger partial charge in [0, 0.05) is 56.3 Å². The Labute approximate surface area is 142 Å². The molecule has 1 saturated heterocycles. The van der Waals surface area contributed by atoms with E-state index in [1.54, 1.807) is 18.5 Å². The summed E-state index contributed by atoms with van der Waals surface area (Å²) >= 11 is 0. The van der Waals surface area contributed by atoms with Crippen molar-refractivity contribution in [3.05, 3.63) is 47.7 Å². The van der Waals surface area contributed by atoms with Crippen molar-refractivity contribution < 1.29 is 4.79 Å². The van der Waals surface area contributed by atoms with Gasteiger partial charge in [0.05, 0.1) is 5.56 Å². The molecule has 6 heteroatoms. The lowest BCUT2D eigenvalue weighted by Crippen LogP contribution is -2.49. The van der Waals surface area contributed by atoms with Crippen LogP contribution in [0.2, 0.25) is 0 Å². The van der Waals surface area contributed by atoms with E-state index in [1.807, 2.05) is 24.0 Å². The predicted octanol–water partition coefficient (Wildman–Crippen LogP) is 2.27. The van der Waals surface area contributed by atoms with Crippen molar-refractivity contribution in [2.24, 2.45) is 0 Å². The minimum atomic E-state index is 0.0458. The number of nitrogens with zero attached hydrogens (tertiary/aromatic N) is 5. The molecular weight excluding hydrogens is 302 g/mol. The second-order valence-electron chi connectivity index (χ2n) is 6.40. The maximum atomic E-state index is 12.5. The van der Waals surface area contributed by atoms with Gasteiger partial charge in [-0.05, 0) is 19.1 Å². The number of aryl methyl sites for hydroxylation is 1. The van der Waals surface area contributed by atoms with Crippen molar-refractivity contribution in [1.82, 2.24) is 19.9 Å². The van der Waals surface area contributed by atoms with Crippen molar-refractivity contribution in [3.8, 4) is 0 Å². The van der Waals surface area contributed by atoms with Crippen molar-refractivity contribution in [2.75, 3.05) is 31.1 Å². The van der Waals surface area contributed by atoms with Gasteiger partial charge in [0.2, 0.25) is 0 Å². The lowest BCUT2D eigenvalue weighted by Gasteiger charge is -2.35. The fourth-order valence-corrected chi connectivity index (χ4v) is 2.81. The van der Waals surface area contributed by atoms with E-state index in [2.05, 4.69) is 33.7 Å². The molecule has 0 aromatic carbocycles. The Hall–Kier alpha value is -2.50. The number of carbonyl (C=O) groups is 1. The van der Waals surface area contributed by atoms with Crippen LogP contribution in [0.15, 0.2) is 30.6 Å². The van der Waals surface area contributed by atoms with Crippen molar-refractivity contribution in [2.45, 2.75) is 26.7 Å². The van der Waals surface area contributed by atoms with E-state index >= 15 is 0 Å². The van der Waals surface area contributed by atoms with Gasteiger partial charge < -0.3 is 9.80 Å². The summed E-state index contributed by atoms with van der Waals surface area (Å²) in [4.78, 5) is 29.8. The first-order valence-electron chi connectivity index (χ1n) is 8.34. The molecule has 0 atom stereocenters. The lowest BCUT2D eigenvalue weighted by molar-refractivity contribution is 0.0746. The van der Waals surface area contributed by atoms with Crippen LogP contribution in [0.1, 0.15) is 41.6 Å². The number of pyridine rings is 1. The average molecular weight is 325 g/mol. The van der Waals surface area contributed by atoms with Gasteiger partial charge in [0.1, 0.15) is 11.6 Å². The predicted molar refractivity (Wildman–Crippen MR) is 93.2 cm³/mol. The summed E-state index contributed by atoms with van der Waals surface area (Å²) in [6.07, 6.45) is 3.30. The first-order chi connectivity index (χ1) is 11.5. The Kier molecular flexibility index (Phi) is 4.74. The van der Waals surface area contributed by atoms with Crippen molar-refractivity contribution >= 4 is 11.7 Å². The Morgan fingerprint density at radius 1 is 1.17 bits per heavy atom. The number of piperazine rings is 1. The van der Waals surface area contributed by atoms with Crippen molar-refractivity contribution in [1.29, 1.82) is 0 Å². The summed E-state index contributed by atoms with van der Waals surface area (Å²) in [6.45, 7) is 9.13. The summed E-state index contributed by atoms with van der Waals surface area (Å²) < 4.78 is 0. The third-order valence-corrected chi connectivity index (χ3v) is 4.17. The number of carbonyl (C=O) groups excluding carboxylic acids is 1. The highest BCUT2D eigenvalue weighted by Gasteiger charge is 2.23.